The fraction of sp³-hybridized carbons (Fsp3) is 0.320. The highest BCUT2D eigenvalue weighted by Crippen LogP contribution is 2.42. The van der Waals surface area contributed by atoms with Crippen molar-refractivity contribution in [2.75, 3.05) is 26.3 Å². The Morgan fingerprint density at radius 2 is 1.56 bits per heavy atom. The van der Waals surface area contributed by atoms with Gasteiger partial charge in [-0.25, -0.2) is 0 Å². The van der Waals surface area contributed by atoms with Gasteiger partial charge in [-0.2, -0.15) is 13.2 Å². The van der Waals surface area contributed by atoms with Gasteiger partial charge in [0.15, 0.2) is 0 Å². The zero-order valence-electron chi connectivity index (χ0n) is 19.1. The largest absolute Gasteiger partial charge is 0.573 e. The second kappa shape index (κ2) is 9.88. The third-order valence-electron chi connectivity index (χ3n) is 5.84. The topological polar surface area (TPSA) is 43.7 Å². The third-order valence-corrected chi connectivity index (χ3v) is 5.84. The van der Waals surface area contributed by atoms with E-state index in [1.165, 1.54) is 24.0 Å². The van der Waals surface area contributed by atoms with Crippen molar-refractivity contribution < 1.29 is 40.6 Å². The molecule has 0 aliphatic carbocycles. The lowest BCUT2D eigenvalue weighted by molar-refractivity contribution is -0.274. The van der Waals surface area contributed by atoms with Crippen molar-refractivity contribution in [3.8, 4) is 16.9 Å². The highest BCUT2D eigenvalue weighted by atomic mass is 19.4. The van der Waals surface area contributed by atoms with Crippen LogP contribution in [0.2, 0.25) is 0 Å². The molecule has 1 aliphatic rings. The van der Waals surface area contributed by atoms with Crippen LogP contribution in [0.25, 0.3) is 11.1 Å². The minimum Gasteiger partial charge on any atom is -0.406 e. The van der Waals surface area contributed by atoms with Gasteiger partial charge in [-0.3, -0.25) is 4.79 Å². The molecule has 0 saturated carbocycles. The standard InChI is InChI=1S/C25H22F6N2O3/c1-16-20(18-7-9-19(10-8-18)36-25(29,30)31)21(23(34)32-11-13-35-14-12-32)33(22(16)24(26,27)28)15-17-5-3-2-4-6-17/h2-10H,11-15H2,1H3. The Bertz CT molecular complexity index is 1210. The van der Waals surface area contributed by atoms with Crippen molar-refractivity contribution >= 4 is 5.91 Å². The van der Waals surface area contributed by atoms with Gasteiger partial charge >= 0.3 is 12.5 Å². The van der Waals surface area contributed by atoms with E-state index < -0.39 is 29.9 Å². The maximum atomic E-state index is 14.4. The lowest BCUT2D eigenvalue weighted by Gasteiger charge is -2.28. The highest BCUT2D eigenvalue weighted by molar-refractivity contribution is 6.01. The molecule has 2 heterocycles. The van der Waals surface area contributed by atoms with Crippen LogP contribution in [0, 0.1) is 6.92 Å². The number of nitrogens with zero attached hydrogens (tertiary/aromatic N) is 2. The van der Waals surface area contributed by atoms with E-state index in [1.807, 2.05) is 0 Å². The number of hydrogen-bond acceptors (Lipinski definition) is 3. The summed E-state index contributed by atoms with van der Waals surface area (Å²) < 4.78 is 91.0. The fourth-order valence-electron chi connectivity index (χ4n) is 4.35. The van der Waals surface area contributed by atoms with Crippen LogP contribution in [0.1, 0.15) is 27.3 Å². The van der Waals surface area contributed by atoms with Crippen LogP contribution < -0.4 is 4.74 Å². The average molecular weight is 512 g/mol. The molecular formula is C25H22F6N2O3. The Labute approximate surface area is 202 Å². The van der Waals surface area contributed by atoms with Crippen LogP contribution in [0.4, 0.5) is 26.3 Å². The SMILES string of the molecule is Cc1c(-c2ccc(OC(F)(F)F)cc2)c(C(=O)N2CCOCC2)n(Cc2ccccc2)c1C(F)(F)F. The van der Waals surface area contributed by atoms with Crippen LogP contribution in [-0.2, 0) is 17.5 Å². The van der Waals surface area contributed by atoms with Gasteiger partial charge < -0.3 is 18.9 Å². The molecule has 4 rings (SSSR count). The third kappa shape index (κ3) is 5.51. The number of hydrogen-bond donors (Lipinski definition) is 0. The molecule has 192 valence electrons. The molecule has 0 bridgehead atoms. The summed E-state index contributed by atoms with van der Waals surface area (Å²) in [5.74, 6) is -1.14. The molecule has 1 saturated heterocycles. The van der Waals surface area contributed by atoms with E-state index in [0.717, 1.165) is 16.7 Å². The molecule has 11 heteroatoms. The Morgan fingerprint density at radius 3 is 2.11 bits per heavy atom. The molecule has 5 nitrogen and oxygen atoms in total. The van der Waals surface area contributed by atoms with E-state index in [4.69, 9.17) is 4.74 Å². The summed E-state index contributed by atoms with van der Waals surface area (Å²) in [6.45, 7) is 1.93. The first-order valence-corrected chi connectivity index (χ1v) is 11.0. The average Bonchev–Trinajstić information content (AvgIpc) is 3.11. The van der Waals surface area contributed by atoms with E-state index in [0.29, 0.717) is 5.56 Å². The zero-order chi connectivity index (χ0) is 26.1. The van der Waals surface area contributed by atoms with E-state index in [-0.39, 0.29) is 55.2 Å². The van der Waals surface area contributed by atoms with Crippen molar-refractivity contribution in [1.29, 1.82) is 0 Å². The Hall–Kier alpha value is -3.47. The van der Waals surface area contributed by atoms with E-state index in [1.54, 1.807) is 30.3 Å². The number of benzene rings is 2. The van der Waals surface area contributed by atoms with E-state index >= 15 is 0 Å². The van der Waals surface area contributed by atoms with Gasteiger partial charge in [0.1, 0.15) is 17.1 Å². The number of carbonyl (C=O) groups excluding carboxylic acids is 1. The van der Waals surface area contributed by atoms with Crippen LogP contribution in [-0.4, -0.2) is 48.0 Å². The predicted octanol–water partition coefficient (Wildman–Crippen LogP) is 5.90. The molecule has 0 spiro atoms. The summed E-state index contributed by atoms with van der Waals surface area (Å²) >= 11 is 0. The number of aromatic nitrogens is 1. The molecule has 1 amide bonds. The van der Waals surface area contributed by atoms with Gasteiger partial charge in [0, 0.05) is 25.2 Å². The second-order valence-electron chi connectivity index (χ2n) is 8.24. The molecule has 0 N–H and O–H groups in total. The summed E-state index contributed by atoms with van der Waals surface area (Å²) in [5.41, 5.74) is -0.651. The summed E-state index contributed by atoms with van der Waals surface area (Å²) in [4.78, 5) is 15.1. The molecule has 0 unspecified atom stereocenters. The van der Waals surface area contributed by atoms with E-state index in [2.05, 4.69) is 4.74 Å². The van der Waals surface area contributed by atoms with Crippen molar-refractivity contribution in [2.45, 2.75) is 26.0 Å². The smallest absolute Gasteiger partial charge is 0.406 e. The number of amides is 1. The number of rotatable bonds is 5. The van der Waals surface area contributed by atoms with Crippen LogP contribution >= 0.6 is 0 Å². The molecule has 1 fully saturated rings. The summed E-state index contributed by atoms with van der Waals surface area (Å²) in [6.07, 6.45) is -9.71. The van der Waals surface area contributed by atoms with Gasteiger partial charge in [0.2, 0.25) is 0 Å². The predicted molar refractivity (Wildman–Crippen MR) is 119 cm³/mol. The van der Waals surface area contributed by atoms with Crippen LogP contribution in [0.5, 0.6) is 5.75 Å². The van der Waals surface area contributed by atoms with Gasteiger partial charge in [-0.05, 0) is 35.7 Å². The molecule has 0 radical (unpaired) electrons. The maximum Gasteiger partial charge on any atom is 0.573 e. The number of alkyl halides is 6. The first-order valence-electron chi connectivity index (χ1n) is 11.0. The normalized spacial score (nSPS) is 14.7. The lowest BCUT2D eigenvalue weighted by atomic mass is 10.00. The van der Waals surface area contributed by atoms with E-state index in [9.17, 15) is 31.1 Å². The summed E-state index contributed by atoms with van der Waals surface area (Å²) in [6, 6.07) is 12.8. The highest BCUT2D eigenvalue weighted by Gasteiger charge is 2.42. The molecule has 2 aromatic carbocycles. The van der Waals surface area contributed by atoms with Crippen LogP contribution in [0.15, 0.2) is 54.6 Å². The maximum absolute atomic E-state index is 14.4. The lowest BCUT2D eigenvalue weighted by Crippen LogP contribution is -2.41. The Balaban J connectivity index is 1.91. The number of ether oxygens (including phenoxy) is 2. The first kappa shape index (κ1) is 25.6. The fourth-order valence-corrected chi connectivity index (χ4v) is 4.35. The second-order valence-corrected chi connectivity index (χ2v) is 8.24. The number of halogens is 6. The molecule has 1 aliphatic heterocycles. The summed E-state index contributed by atoms with van der Waals surface area (Å²) in [5, 5.41) is 0. The molecule has 0 atom stereocenters. The Kier molecular flexibility index (Phi) is 7.03. The minimum absolute atomic E-state index is 0.00769. The quantitative estimate of drug-likeness (QED) is 0.400. The van der Waals surface area contributed by atoms with Gasteiger partial charge in [-0.15, -0.1) is 13.2 Å². The zero-order valence-corrected chi connectivity index (χ0v) is 19.1. The summed E-state index contributed by atoms with van der Waals surface area (Å²) in [7, 11) is 0. The van der Waals surface area contributed by atoms with Crippen molar-refractivity contribution in [3.63, 3.8) is 0 Å². The minimum atomic E-state index is -4.92. The van der Waals surface area contributed by atoms with Crippen molar-refractivity contribution in [2.24, 2.45) is 0 Å². The van der Waals surface area contributed by atoms with Gasteiger partial charge in [-0.1, -0.05) is 42.5 Å². The first-order chi connectivity index (χ1) is 17.0. The van der Waals surface area contributed by atoms with Crippen LogP contribution in [0.3, 0.4) is 0 Å². The Morgan fingerprint density at radius 1 is 0.944 bits per heavy atom. The molecule has 36 heavy (non-hydrogen) atoms. The molecule has 3 aromatic rings. The van der Waals surface area contributed by atoms with Crippen molar-refractivity contribution in [3.05, 3.63) is 77.1 Å². The van der Waals surface area contributed by atoms with Gasteiger partial charge in [0.05, 0.1) is 13.2 Å². The van der Waals surface area contributed by atoms with Gasteiger partial charge in [0.25, 0.3) is 5.91 Å². The number of carbonyl (C=O) groups is 1. The molecular weight excluding hydrogens is 490 g/mol. The number of morpholine rings is 1. The monoisotopic (exact) mass is 512 g/mol. The molecule has 1 aromatic heterocycles. The van der Waals surface area contributed by atoms with Crippen molar-refractivity contribution in [1.82, 2.24) is 9.47 Å².